The maximum Gasteiger partial charge on any atom is 0.433 e. The van der Waals surface area contributed by atoms with Crippen LogP contribution in [-0.2, 0) is 26.2 Å². The zero-order chi connectivity index (χ0) is 20.1. The Morgan fingerprint density at radius 3 is 2.71 bits per heavy atom. The number of likely N-dealkylation sites (tertiary alicyclic amines) is 1. The molecule has 0 N–H and O–H groups in total. The van der Waals surface area contributed by atoms with Gasteiger partial charge in [0, 0.05) is 56.8 Å². The molecule has 0 aliphatic carbocycles. The van der Waals surface area contributed by atoms with E-state index in [1.807, 2.05) is 4.57 Å². The lowest BCUT2D eigenvalue weighted by Crippen LogP contribution is -2.40. The average molecular weight is 395 g/mol. The molecular weight excluding hydrogens is 375 g/mol. The van der Waals surface area contributed by atoms with Crippen molar-refractivity contribution in [2.45, 2.75) is 44.3 Å². The van der Waals surface area contributed by atoms with Crippen LogP contribution < -0.4 is 5.56 Å². The van der Waals surface area contributed by atoms with E-state index in [4.69, 9.17) is 0 Å². The smallest absolute Gasteiger partial charge is 0.337 e. The number of aryl methyl sites for hydroxylation is 2. The molecule has 1 unspecified atom stereocenters. The first-order chi connectivity index (χ1) is 13.2. The number of halogens is 3. The lowest BCUT2D eigenvalue weighted by Gasteiger charge is -2.33. The minimum Gasteiger partial charge on any atom is -0.337 e. The van der Waals surface area contributed by atoms with Gasteiger partial charge < -0.3 is 9.47 Å². The molecule has 150 valence electrons. The number of hydrogen-bond donors (Lipinski definition) is 0. The van der Waals surface area contributed by atoms with Crippen molar-refractivity contribution in [3.05, 3.63) is 45.4 Å². The zero-order valence-electron chi connectivity index (χ0n) is 15.4. The number of nitrogens with zero attached hydrogens (tertiary/aromatic N) is 5. The van der Waals surface area contributed by atoms with Gasteiger partial charge in [0.25, 0.3) is 11.5 Å². The normalized spacial score (nSPS) is 19.7. The summed E-state index contributed by atoms with van der Waals surface area (Å²) < 4.78 is 41.7. The molecule has 0 spiro atoms. The largest absolute Gasteiger partial charge is 0.433 e. The van der Waals surface area contributed by atoms with Crippen molar-refractivity contribution in [1.29, 1.82) is 0 Å². The minimum atomic E-state index is -4.57. The molecule has 2 aliphatic rings. The average Bonchev–Trinajstić information content (AvgIpc) is 3.26. The Morgan fingerprint density at radius 1 is 1.21 bits per heavy atom. The second-order valence-electron chi connectivity index (χ2n) is 7.32. The SMILES string of the molecule is Cn1nc(C(=O)N2CCCC(c3cc(=O)nc4n3CCC4)C2)cc1C(F)(F)F. The summed E-state index contributed by atoms with van der Waals surface area (Å²) in [7, 11) is 1.17. The molecule has 4 rings (SSSR count). The predicted octanol–water partition coefficient (Wildman–Crippen LogP) is 1.96. The molecule has 1 amide bonds. The molecular formula is C18H20F3N5O2. The number of alkyl halides is 3. The topological polar surface area (TPSA) is 73.0 Å². The van der Waals surface area contributed by atoms with Gasteiger partial charge in [-0.05, 0) is 19.3 Å². The van der Waals surface area contributed by atoms with Crippen LogP contribution >= 0.6 is 0 Å². The van der Waals surface area contributed by atoms with Gasteiger partial charge in [-0.25, -0.2) is 0 Å². The number of piperidine rings is 1. The summed E-state index contributed by atoms with van der Waals surface area (Å²) in [6, 6.07) is 2.32. The Kier molecular flexibility index (Phi) is 4.51. The summed E-state index contributed by atoms with van der Waals surface area (Å²) in [5, 5.41) is 3.76. The lowest BCUT2D eigenvalue weighted by atomic mass is 9.94. The maximum absolute atomic E-state index is 13.0. The molecule has 0 radical (unpaired) electrons. The highest BCUT2D eigenvalue weighted by Gasteiger charge is 2.37. The summed E-state index contributed by atoms with van der Waals surface area (Å²) in [5.41, 5.74) is -0.594. The van der Waals surface area contributed by atoms with Crippen LogP contribution in [0.15, 0.2) is 16.9 Å². The molecule has 10 heteroatoms. The van der Waals surface area contributed by atoms with Crippen LogP contribution in [0, 0.1) is 0 Å². The van der Waals surface area contributed by atoms with E-state index >= 15 is 0 Å². The molecule has 0 aromatic carbocycles. The molecule has 1 atom stereocenters. The first-order valence-electron chi connectivity index (χ1n) is 9.25. The number of amides is 1. The summed E-state index contributed by atoms with van der Waals surface area (Å²) >= 11 is 0. The van der Waals surface area contributed by atoms with E-state index in [0.29, 0.717) is 24.2 Å². The van der Waals surface area contributed by atoms with Gasteiger partial charge in [-0.15, -0.1) is 0 Å². The Balaban J connectivity index is 1.58. The highest BCUT2D eigenvalue weighted by molar-refractivity contribution is 5.92. The van der Waals surface area contributed by atoms with Gasteiger partial charge in [-0.1, -0.05) is 0 Å². The number of carbonyl (C=O) groups excluding carboxylic acids is 1. The Labute approximate surface area is 158 Å². The van der Waals surface area contributed by atoms with Gasteiger partial charge in [-0.3, -0.25) is 14.3 Å². The van der Waals surface area contributed by atoms with Crippen molar-refractivity contribution in [1.82, 2.24) is 24.2 Å². The summed E-state index contributed by atoms with van der Waals surface area (Å²) in [6.45, 7) is 1.59. The third-order valence-corrected chi connectivity index (χ3v) is 5.43. The van der Waals surface area contributed by atoms with E-state index in [2.05, 4.69) is 10.1 Å². The van der Waals surface area contributed by atoms with Gasteiger partial charge in [-0.2, -0.15) is 23.3 Å². The number of rotatable bonds is 2. The molecule has 2 aromatic rings. The van der Waals surface area contributed by atoms with E-state index in [1.54, 1.807) is 0 Å². The van der Waals surface area contributed by atoms with Crippen molar-refractivity contribution in [2.75, 3.05) is 13.1 Å². The van der Waals surface area contributed by atoms with E-state index in [-0.39, 0.29) is 17.2 Å². The second-order valence-corrected chi connectivity index (χ2v) is 7.32. The Hall–Kier alpha value is -2.65. The van der Waals surface area contributed by atoms with Crippen molar-refractivity contribution < 1.29 is 18.0 Å². The lowest BCUT2D eigenvalue weighted by molar-refractivity contribution is -0.143. The third kappa shape index (κ3) is 3.31. The first kappa shape index (κ1) is 18.7. The van der Waals surface area contributed by atoms with Gasteiger partial charge in [0.05, 0.1) is 0 Å². The Bertz CT molecular complexity index is 979. The van der Waals surface area contributed by atoms with Crippen LogP contribution in [0.5, 0.6) is 0 Å². The fraction of sp³-hybridized carbons (Fsp3) is 0.556. The minimum absolute atomic E-state index is 0.0453. The molecule has 2 aromatic heterocycles. The van der Waals surface area contributed by atoms with Crippen LogP contribution in [-0.4, -0.2) is 43.2 Å². The number of aromatic nitrogens is 4. The predicted molar refractivity (Wildman–Crippen MR) is 92.9 cm³/mol. The molecule has 2 aliphatic heterocycles. The fourth-order valence-corrected chi connectivity index (χ4v) is 4.16. The molecule has 1 fully saturated rings. The Morgan fingerprint density at radius 2 is 2.00 bits per heavy atom. The maximum atomic E-state index is 13.0. The van der Waals surface area contributed by atoms with Crippen molar-refractivity contribution in [3.63, 3.8) is 0 Å². The van der Waals surface area contributed by atoms with Crippen LogP contribution in [0.25, 0.3) is 0 Å². The monoisotopic (exact) mass is 395 g/mol. The van der Waals surface area contributed by atoms with E-state index in [1.165, 1.54) is 18.0 Å². The van der Waals surface area contributed by atoms with Crippen molar-refractivity contribution >= 4 is 5.91 Å². The van der Waals surface area contributed by atoms with Crippen molar-refractivity contribution in [2.24, 2.45) is 7.05 Å². The molecule has 0 bridgehead atoms. The van der Waals surface area contributed by atoms with Gasteiger partial charge in [0.1, 0.15) is 11.5 Å². The first-order valence-corrected chi connectivity index (χ1v) is 9.25. The van der Waals surface area contributed by atoms with E-state index in [0.717, 1.165) is 43.4 Å². The van der Waals surface area contributed by atoms with Gasteiger partial charge >= 0.3 is 6.18 Å². The van der Waals surface area contributed by atoms with E-state index in [9.17, 15) is 22.8 Å². The number of carbonyl (C=O) groups is 1. The third-order valence-electron chi connectivity index (χ3n) is 5.43. The molecule has 4 heterocycles. The fourth-order valence-electron chi connectivity index (χ4n) is 4.16. The summed E-state index contributed by atoms with van der Waals surface area (Å²) in [4.78, 5) is 30.3. The standard InChI is InChI=1S/C18H20F3N5O2/c1-24-14(18(19,20)21)8-12(23-24)17(28)25-6-2-4-11(10-25)13-9-16(27)22-15-5-3-7-26(13)15/h8-9,11H,2-7,10H2,1H3. The number of fused-ring (bicyclic) bond motifs is 1. The second kappa shape index (κ2) is 6.75. The molecule has 0 saturated carbocycles. The van der Waals surface area contributed by atoms with Crippen LogP contribution in [0.1, 0.15) is 52.9 Å². The molecule has 28 heavy (non-hydrogen) atoms. The highest BCUT2D eigenvalue weighted by atomic mass is 19.4. The molecule has 1 saturated heterocycles. The van der Waals surface area contributed by atoms with Gasteiger partial charge in [0.2, 0.25) is 0 Å². The van der Waals surface area contributed by atoms with Crippen molar-refractivity contribution in [3.8, 4) is 0 Å². The van der Waals surface area contributed by atoms with Gasteiger partial charge in [0.15, 0.2) is 5.69 Å². The van der Waals surface area contributed by atoms with Crippen LogP contribution in [0.2, 0.25) is 0 Å². The number of hydrogen-bond acceptors (Lipinski definition) is 4. The summed E-state index contributed by atoms with van der Waals surface area (Å²) in [6.07, 6.45) is -1.37. The van der Waals surface area contributed by atoms with Crippen LogP contribution in [0.3, 0.4) is 0 Å². The zero-order valence-corrected chi connectivity index (χ0v) is 15.4. The quantitative estimate of drug-likeness (QED) is 0.779. The van der Waals surface area contributed by atoms with E-state index < -0.39 is 17.8 Å². The molecule has 7 nitrogen and oxygen atoms in total. The highest BCUT2D eigenvalue weighted by Crippen LogP contribution is 2.31. The summed E-state index contributed by atoms with van der Waals surface area (Å²) in [5.74, 6) is 0.204. The van der Waals surface area contributed by atoms with Crippen LogP contribution in [0.4, 0.5) is 13.2 Å².